The molecule has 160 valence electrons. The van der Waals surface area contributed by atoms with Gasteiger partial charge in [0.15, 0.2) is 5.82 Å². The molecule has 0 aliphatic carbocycles. The zero-order valence-electron chi connectivity index (χ0n) is 18.2. The summed E-state index contributed by atoms with van der Waals surface area (Å²) < 4.78 is 14.6. The van der Waals surface area contributed by atoms with E-state index in [1.807, 2.05) is 55.1 Å². The van der Waals surface area contributed by atoms with Crippen molar-refractivity contribution in [1.29, 1.82) is 0 Å². The van der Waals surface area contributed by atoms with Crippen molar-refractivity contribution >= 4 is 17.4 Å². The first-order valence-electron chi connectivity index (χ1n) is 10.6. The van der Waals surface area contributed by atoms with E-state index in [2.05, 4.69) is 15.3 Å². The van der Waals surface area contributed by atoms with Gasteiger partial charge in [0, 0.05) is 36.6 Å². The Balaban J connectivity index is 1.77. The number of alkyl halides is 1. The lowest BCUT2D eigenvalue weighted by Gasteiger charge is -2.24. The molecule has 0 saturated carbocycles. The van der Waals surface area contributed by atoms with Crippen LogP contribution in [0.1, 0.15) is 41.9 Å². The standard InChI is InChI=1S/C25H27FN4O/c1-4-19-10-9-18(15-28-19)24(31)29-22-21(20-8-6-5-7-17(20)2)11-13-27-23(22)30-14-12-25(3,26)16-30/h5-11,13,15H,4,12,14,16H2,1-3H3,(H,29,31). The topological polar surface area (TPSA) is 58.1 Å². The van der Waals surface area contributed by atoms with Crippen LogP contribution >= 0.6 is 0 Å². The molecule has 1 aliphatic rings. The van der Waals surface area contributed by atoms with E-state index in [0.29, 0.717) is 30.0 Å². The Morgan fingerprint density at radius 2 is 1.97 bits per heavy atom. The molecule has 2 aromatic heterocycles. The first-order chi connectivity index (χ1) is 14.9. The minimum absolute atomic E-state index is 0.243. The summed E-state index contributed by atoms with van der Waals surface area (Å²) >= 11 is 0. The van der Waals surface area contributed by atoms with Gasteiger partial charge in [-0.3, -0.25) is 9.78 Å². The molecule has 1 aromatic carbocycles. The van der Waals surface area contributed by atoms with Crippen molar-refractivity contribution in [2.45, 2.75) is 39.3 Å². The number of carbonyl (C=O) groups excluding carboxylic acids is 1. The van der Waals surface area contributed by atoms with Crippen LogP contribution in [0, 0.1) is 6.92 Å². The van der Waals surface area contributed by atoms with Crippen LogP contribution in [0.25, 0.3) is 11.1 Å². The number of carbonyl (C=O) groups is 1. The van der Waals surface area contributed by atoms with Gasteiger partial charge < -0.3 is 10.2 Å². The number of rotatable bonds is 5. The van der Waals surface area contributed by atoms with E-state index in [-0.39, 0.29) is 12.5 Å². The smallest absolute Gasteiger partial charge is 0.257 e. The summed E-state index contributed by atoms with van der Waals surface area (Å²) in [7, 11) is 0. The van der Waals surface area contributed by atoms with Crippen LogP contribution < -0.4 is 10.2 Å². The predicted octanol–water partition coefficient (Wildman–Crippen LogP) is 5.21. The largest absolute Gasteiger partial charge is 0.352 e. The molecule has 0 bridgehead atoms. The van der Waals surface area contributed by atoms with E-state index < -0.39 is 5.67 Å². The van der Waals surface area contributed by atoms with Gasteiger partial charge in [-0.2, -0.15) is 0 Å². The minimum atomic E-state index is -1.28. The molecule has 0 radical (unpaired) electrons. The molecular weight excluding hydrogens is 391 g/mol. The molecule has 1 N–H and O–H groups in total. The van der Waals surface area contributed by atoms with Gasteiger partial charge in [0.2, 0.25) is 0 Å². The highest BCUT2D eigenvalue weighted by atomic mass is 19.1. The van der Waals surface area contributed by atoms with Gasteiger partial charge in [0.25, 0.3) is 5.91 Å². The summed E-state index contributed by atoms with van der Waals surface area (Å²) in [6.45, 7) is 6.45. The number of hydrogen-bond acceptors (Lipinski definition) is 4. The summed E-state index contributed by atoms with van der Waals surface area (Å²) in [5.74, 6) is 0.329. The average Bonchev–Trinajstić information content (AvgIpc) is 3.14. The van der Waals surface area contributed by atoms with E-state index in [1.165, 1.54) is 0 Å². The second-order valence-corrected chi connectivity index (χ2v) is 8.30. The SMILES string of the molecule is CCc1ccc(C(=O)Nc2c(-c3ccccc3C)ccnc2N2CCC(C)(F)C2)cn1. The second kappa shape index (κ2) is 8.46. The second-order valence-electron chi connectivity index (χ2n) is 8.30. The number of hydrogen-bond donors (Lipinski definition) is 1. The molecule has 1 saturated heterocycles. The maximum atomic E-state index is 14.6. The lowest BCUT2D eigenvalue weighted by atomic mass is 9.99. The van der Waals surface area contributed by atoms with Crippen molar-refractivity contribution in [1.82, 2.24) is 9.97 Å². The number of halogens is 1. The summed E-state index contributed by atoms with van der Waals surface area (Å²) in [6, 6.07) is 13.5. The fourth-order valence-corrected chi connectivity index (χ4v) is 3.97. The monoisotopic (exact) mass is 418 g/mol. The Morgan fingerprint density at radius 3 is 2.61 bits per heavy atom. The Morgan fingerprint density at radius 1 is 1.16 bits per heavy atom. The molecule has 1 amide bonds. The van der Waals surface area contributed by atoms with Crippen LogP contribution in [-0.2, 0) is 6.42 Å². The molecule has 6 heteroatoms. The van der Waals surface area contributed by atoms with E-state index in [0.717, 1.165) is 28.8 Å². The number of aryl methyl sites for hydroxylation is 2. The van der Waals surface area contributed by atoms with Crippen molar-refractivity contribution in [3.63, 3.8) is 0 Å². The Bertz CT molecular complexity index is 1090. The van der Waals surface area contributed by atoms with Gasteiger partial charge in [-0.25, -0.2) is 9.37 Å². The molecule has 3 aromatic rings. The van der Waals surface area contributed by atoms with Gasteiger partial charge in [-0.1, -0.05) is 31.2 Å². The highest BCUT2D eigenvalue weighted by Gasteiger charge is 2.35. The number of nitrogens with zero attached hydrogens (tertiary/aromatic N) is 3. The lowest BCUT2D eigenvalue weighted by molar-refractivity contribution is 0.102. The third-order valence-electron chi connectivity index (χ3n) is 5.78. The van der Waals surface area contributed by atoms with E-state index in [1.54, 1.807) is 25.4 Å². The molecule has 0 spiro atoms. The number of benzene rings is 1. The van der Waals surface area contributed by atoms with Gasteiger partial charge >= 0.3 is 0 Å². The van der Waals surface area contributed by atoms with Crippen molar-refractivity contribution < 1.29 is 9.18 Å². The van der Waals surface area contributed by atoms with Crippen LogP contribution in [0.3, 0.4) is 0 Å². The molecule has 3 heterocycles. The molecule has 31 heavy (non-hydrogen) atoms. The number of nitrogens with one attached hydrogen (secondary N) is 1. The third kappa shape index (κ3) is 4.43. The minimum Gasteiger partial charge on any atom is -0.352 e. The van der Waals surface area contributed by atoms with Crippen molar-refractivity contribution in [2.75, 3.05) is 23.3 Å². The van der Waals surface area contributed by atoms with Crippen molar-refractivity contribution in [2.24, 2.45) is 0 Å². The maximum Gasteiger partial charge on any atom is 0.257 e. The fraction of sp³-hybridized carbons (Fsp3) is 0.320. The Labute approximate surface area is 182 Å². The quantitative estimate of drug-likeness (QED) is 0.618. The van der Waals surface area contributed by atoms with E-state index in [4.69, 9.17) is 0 Å². The average molecular weight is 419 g/mol. The van der Waals surface area contributed by atoms with Gasteiger partial charge in [-0.15, -0.1) is 0 Å². The molecule has 1 aliphatic heterocycles. The number of amides is 1. The third-order valence-corrected chi connectivity index (χ3v) is 5.78. The summed E-state index contributed by atoms with van der Waals surface area (Å²) in [4.78, 5) is 23.9. The molecule has 1 atom stereocenters. The molecule has 4 rings (SSSR count). The van der Waals surface area contributed by atoms with Crippen molar-refractivity contribution in [3.05, 3.63) is 71.7 Å². The highest BCUT2D eigenvalue weighted by molar-refractivity contribution is 6.08. The number of aromatic nitrogens is 2. The predicted molar refractivity (Wildman–Crippen MR) is 122 cm³/mol. The summed E-state index contributed by atoms with van der Waals surface area (Å²) in [6.07, 6.45) is 4.55. The normalized spacial score (nSPS) is 18.3. The summed E-state index contributed by atoms with van der Waals surface area (Å²) in [5.41, 5.74) is 3.67. The van der Waals surface area contributed by atoms with E-state index >= 15 is 0 Å². The van der Waals surface area contributed by atoms with Crippen LogP contribution in [0.15, 0.2) is 54.9 Å². The van der Waals surface area contributed by atoms with Crippen LogP contribution in [0.4, 0.5) is 15.9 Å². The Kier molecular flexibility index (Phi) is 5.72. The molecule has 5 nitrogen and oxygen atoms in total. The maximum absolute atomic E-state index is 14.6. The summed E-state index contributed by atoms with van der Waals surface area (Å²) in [5, 5.41) is 3.06. The molecular formula is C25H27FN4O. The van der Waals surface area contributed by atoms with Crippen LogP contribution in [0.2, 0.25) is 0 Å². The lowest BCUT2D eigenvalue weighted by Crippen LogP contribution is -2.28. The number of anilines is 2. The van der Waals surface area contributed by atoms with Gasteiger partial charge in [-0.05, 0) is 49.6 Å². The molecule has 1 unspecified atom stereocenters. The first kappa shape index (κ1) is 21.0. The molecule has 1 fully saturated rings. The van der Waals surface area contributed by atoms with Gasteiger partial charge in [0.05, 0.1) is 17.8 Å². The fourth-order valence-electron chi connectivity index (χ4n) is 3.97. The zero-order valence-corrected chi connectivity index (χ0v) is 18.2. The van der Waals surface area contributed by atoms with Gasteiger partial charge in [0.1, 0.15) is 5.67 Å². The zero-order chi connectivity index (χ0) is 22.0. The van der Waals surface area contributed by atoms with Crippen molar-refractivity contribution in [3.8, 4) is 11.1 Å². The van der Waals surface area contributed by atoms with E-state index in [9.17, 15) is 9.18 Å². The van der Waals surface area contributed by atoms with Crippen LogP contribution in [-0.4, -0.2) is 34.6 Å². The first-order valence-corrected chi connectivity index (χ1v) is 10.6. The Hall–Kier alpha value is -3.28. The van der Waals surface area contributed by atoms with Crippen LogP contribution in [0.5, 0.6) is 0 Å². The number of pyridine rings is 2. The highest BCUT2D eigenvalue weighted by Crippen LogP contribution is 2.39.